The van der Waals surface area contributed by atoms with Gasteiger partial charge in [-0.25, -0.2) is 0 Å². The molecule has 2 aromatic rings. The van der Waals surface area contributed by atoms with Gasteiger partial charge in [0.2, 0.25) is 0 Å². The summed E-state index contributed by atoms with van der Waals surface area (Å²) in [7, 11) is 0. The zero-order valence-corrected chi connectivity index (χ0v) is 11.3. The first kappa shape index (κ1) is 11.9. The maximum absolute atomic E-state index is 5.95. The Morgan fingerprint density at radius 2 is 2.33 bits per heavy atom. The van der Waals surface area contributed by atoms with Crippen molar-refractivity contribution < 1.29 is 0 Å². The number of hydrogen-bond acceptors (Lipinski definition) is 3. The van der Waals surface area contributed by atoms with Crippen LogP contribution in [0.4, 0.5) is 0 Å². The summed E-state index contributed by atoms with van der Waals surface area (Å²) in [5.74, 6) is 1.75. The van der Waals surface area contributed by atoms with Crippen molar-refractivity contribution in [2.45, 2.75) is 19.8 Å². The van der Waals surface area contributed by atoms with Crippen LogP contribution in [0.1, 0.15) is 19.2 Å². The Morgan fingerprint density at radius 1 is 1.44 bits per heavy atom. The molecule has 2 aromatic heterocycles. The van der Waals surface area contributed by atoms with Gasteiger partial charge in [0.25, 0.3) is 0 Å². The van der Waals surface area contributed by atoms with Crippen LogP contribution in [0.25, 0.3) is 5.65 Å². The third-order valence-electron chi connectivity index (χ3n) is 3.73. The second kappa shape index (κ2) is 4.86. The Hall–Kier alpha value is -1.13. The summed E-state index contributed by atoms with van der Waals surface area (Å²) < 4.78 is 2.04. The molecule has 18 heavy (non-hydrogen) atoms. The third kappa shape index (κ3) is 2.22. The maximum Gasteiger partial charge on any atom is 0.162 e. The normalized spacial score (nSPS) is 20.9. The van der Waals surface area contributed by atoms with E-state index >= 15 is 0 Å². The molecule has 3 rings (SSSR count). The van der Waals surface area contributed by atoms with Crippen molar-refractivity contribution in [3.05, 3.63) is 29.2 Å². The van der Waals surface area contributed by atoms with Gasteiger partial charge in [-0.3, -0.25) is 4.40 Å². The van der Waals surface area contributed by atoms with E-state index in [0.717, 1.165) is 24.4 Å². The van der Waals surface area contributed by atoms with E-state index < -0.39 is 0 Å². The highest BCUT2D eigenvalue weighted by atomic mass is 35.5. The summed E-state index contributed by atoms with van der Waals surface area (Å²) in [5, 5.41) is 9.17. The van der Waals surface area contributed by atoms with E-state index in [1.807, 2.05) is 22.7 Å². The number of hydrogen-bond donors (Lipinski definition) is 0. The standard InChI is InChI=1S/C13H17ClN4/c1-2-17-5-3-10(9-17)7-12-15-16-13-8-11(14)4-6-18(12)13/h4,6,8,10H,2-3,5,7,9H2,1H3. The molecule has 1 unspecified atom stereocenters. The Kier molecular flexibility index (Phi) is 3.22. The minimum atomic E-state index is 0.702. The van der Waals surface area contributed by atoms with Gasteiger partial charge < -0.3 is 4.90 Å². The average molecular weight is 265 g/mol. The Morgan fingerprint density at radius 3 is 3.11 bits per heavy atom. The highest BCUT2D eigenvalue weighted by Crippen LogP contribution is 2.20. The van der Waals surface area contributed by atoms with Gasteiger partial charge >= 0.3 is 0 Å². The molecule has 0 bridgehead atoms. The van der Waals surface area contributed by atoms with Gasteiger partial charge in [-0.1, -0.05) is 18.5 Å². The van der Waals surface area contributed by atoms with Crippen LogP contribution in [-0.2, 0) is 6.42 Å². The zero-order valence-electron chi connectivity index (χ0n) is 10.5. The number of fused-ring (bicyclic) bond motifs is 1. The maximum atomic E-state index is 5.95. The molecule has 4 nitrogen and oxygen atoms in total. The van der Waals surface area contributed by atoms with Crippen LogP contribution in [0, 0.1) is 5.92 Å². The van der Waals surface area contributed by atoms with Crippen molar-refractivity contribution in [3.63, 3.8) is 0 Å². The monoisotopic (exact) mass is 264 g/mol. The van der Waals surface area contributed by atoms with E-state index in [9.17, 15) is 0 Å². The van der Waals surface area contributed by atoms with E-state index in [4.69, 9.17) is 11.6 Å². The molecule has 96 valence electrons. The predicted molar refractivity (Wildman–Crippen MR) is 71.9 cm³/mol. The van der Waals surface area contributed by atoms with Crippen molar-refractivity contribution in [2.24, 2.45) is 5.92 Å². The Bertz CT molecular complexity index is 551. The lowest BCUT2D eigenvalue weighted by atomic mass is 10.0. The molecule has 0 spiro atoms. The summed E-state index contributed by atoms with van der Waals surface area (Å²) in [4.78, 5) is 2.49. The van der Waals surface area contributed by atoms with Gasteiger partial charge in [0.1, 0.15) is 5.82 Å². The molecule has 1 saturated heterocycles. The highest BCUT2D eigenvalue weighted by molar-refractivity contribution is 6.30. The van der Waals surface area contributed by atoms with Gasteiger partial charge in [-0.2, -0.15) is 0 Å². The number of halogens is 1. The van der Waals surface area contributed by atoms with E-state index in [1.54, 1.807) is 0 Å². The molecule has 1 fully saturated rings. The lowest BCUT2D eigenvalue weighted by Crippen LogP contribution is -2.20. The molecule has 0 aromatic carbocycles. The number of likely N-dealkylation sites (tertiary alicyclic amines) is 1. The van der Waals surface area contributed by atoms with E-state index in [0.29, 0.717) is 10.9 Å². The Balaban J connectivity index is 1.79. The SMILES string of the molecule is CCN1CCC(Cc2nnc3cc(Cl)ccn23)C1. The van der Waals surface area contributed by atoms with Crippen LogP contribution in [0.3, 0.4) is 0 Å². The first-order valence-electron chi connectivity index (χ1n) is 6.48. The van der Waals surface area contributed by atoms with Crippen LogP contribution in [0.2, 0.25) is 5.02 Å². The zero-order chi connectivity index (χ0) is 12.5. The molecule has 0 aliphatic carbocycles. The molecule has 1 aliphatic rings. The Labute approximate surface area is 112 Å². The molecular formula is C13H17ClN4. The van der Waals surface area contributed by atoms with Crippen molar-refractivity contribution in [3.8, 4) is 0 Å². The van der Waals surface area contributed by atoms with Crippen LogP contribution in [0.15, 0.2) is 18.3 Å². The summed E-state index contributed by atoms with van der Waals surface area (Å²) in [6.45, 7) is 5.76. The highest BCUT2D eigenvalue weighted by Gasteiger charge is 2.23. The number of pyridine rings is 1. The largest absolute Gasteiger partial charge is 0.303 e. The second-order valence-electron chi connectivity index (χ2n) is 4.94. The molecule has 1 aliphatic heterocycles. The fraction of sp³-hybridized carbons (Fsp3) is 0.538. The van der Waals surface area contributed by atoms with Crippen LogP contribution in [-0.4, -0.2) is 39.1 Å². The summed E-state index contributed by atoms with van der Waals surface area (Å²) >= 11 is 5.95. The molecule has 3 heterocycles. The molecule has 0 amide bonds. The van der Waals surface area contributed by atoms with Crippen molar-refractivity contribution in [2.75, 3.05) is 19.6 Å². The van der Waals surface area contributed by atoms with Crippen molar-refractivity contribution in [1.29, 1.82) is 0 Å². The number of aromatic nitrogens is 3. The molecule has 0 radical (unpaired) electrons. The predicted octanol–water partition coefficient (Wildman–Crippen LogP) is 2.27. The van der Waals surface area contributed by atoms with Gasteiger partial charge in [0, 0.05) is 30.3 Å². The molecule has 5 heteroatoms. The van der Waals surface area contributed by atoms with Crippen LogP contribution < -0.4 is 0 Å². The fourth-order valence-electron chi connectivity index (χ4n) is 2.68. The number of nitrogens with zero attached hydrogens (tertiary/aromatic N) is 4. The lowest BCUT2D eigenvalue weighted by molar-refractivity contribution is 0.340. The third-order valence-corrected chi connectivity index (χ3v) is 3.97. The lowest BCUT2D eigenvalue weighted by Gasteiger charge is -2.12. The van der Waals surface area contributed by atoms with E-state index in [1.165, 1.54) is 19.5 Å². The minimum absolute atomic E-state index is 0.702. The molecule has 0 saturated carbocycles. The topological polar surface area (TPSA) is 33.4 Å². The quantitative estimate of drug-likeness (QED) is 0.853. The first-order chi connectivity index (χ1) is 8.76. The van der Waals surface area contributed by atoms with Crippen LogP contribution >= 0.6 is 11.6 Å². The molecular weight excluding hydrogens is 248 g/mol. The van der Waals surface area contributed by atoms with Gasteiger partial charge in [-0.15, -0.1) is 10.2 Å². The van der Waals surface area contributed by atoms with Gasteiger partial charge in [-0.05, 0) is 31.5 Å². The van der Waals surface area contributed by atoms with E-state index in [2.05, 4.69) is 22.0 Å². The van der Waals surface area contributed by atoms with Crippen LogP contribution in [0.5, 0.6) is 0 Å². The number of rotatable bonds is 3. The summed E-state index contributed by atoms with van der Waals surface area (Å²) in [6.07, 6.45) is 4.22. The fourth-order valence-corrected chi connectivity index (χ4v) is 2.83. The van der Waals surface area contributed by atoms with Gasteiger partial charge in [0.05, 0.1) is 0 Å². The first-order valence-corrected chi connectivity index (χ1v) is 6.85. The van der Waals surface area contributed by atoms with Gasteiger partial charge in [0.15, 0.2) is 5.65 Å². The smallest absolute Gasteiger partial charge is 0.162 e. The average Bonchev–Trinajstić information content (AvgIpc) is 2.97. The molecule has 1 atom stereocenters. The summed E-state index contributed by atoms with van der Waals surface area (Å²) in [5.41, 5.74) is 0.836. The minimum Gasteiger partial charge on any atom is -0.303 e. The summed E-state index contributed by atoms with van der Waals surface area (Å²) in [6, 6.07) is 3.74. The second-order valence-corrected chi connectivity index (χ2v) is 5.38. The van der Waals surface area contributed by atoms with E-state index in [-0.39, 0.29) is 0 Å². The van der Waals surface area contributed by atoms with Crippen molar-refractivity contribution in [1.82, 2.24) is 19.5 Å². The van der Waals surface area contributed by atoms with Crippen molar-refractivity contribution >= 4 is 17.2 Å². The molecule has 0 N–H and O–H groups in total.